The number of Topliss-reactive ketones (excluding diaryl/α,β-unsaturated/α-hetero) is 1. The van der Waals surface area contributed by atoms with E-state index in [2.05, 4.69) is 4.98 Å². The number of carbonyl (C=O) groups is 2. The van der Waals surface area contributed by atoms with Crippen molar-refractivity contribution in [2.45, 2.75) is 6.04 Å². The normalized spacial score (nSPS) is 17.1. The maximum absolute atomic E-state index is 13.4. The Morgan fingerprint density at radius 3 is 2.46 bits per heavy atom. The number of ether oxygens (including phenoxy) is 1. The SMILES string of the molecule is COc1ccc2nc(N3C(=O)C(=O)/C(=C(/O)c4ccc5ccccc5c4)C3c3ccc(O)cc3)sc2c1. The Morgan fingerprint density at radius 1 is 0.946 bits per heavy atom. The maximum Gasteiger partial charge on any atom is 0.301 e. The predicted octanol–water partition coefficient (Wildman–Crippen LogP) is 5.79. The molecule has 7 nitrogen and oxygen atoms in total. The molecule has 6 rings (SSSR count). The number of benzene rings is 4. The molecule has 1 aliphatic rings. The Morgan fingerprint density at radius 2 is 1.70 bits per heavy atom. The van der Waals surface area contributed by atoms with Crippen molar-refractivity contribution in [3.05, 3.63) is 102 Å². The number of phenols is 1. The third-order valence-corrected chi connectivity index (χ3v) is 7.48. The number of nitrogens with zero attached hydrogens (tertiary/aromatic N) is 2. The summed E-state index contributed by atoms with van der Waals surface area (Å²) in [6, 6.07) is 23.7. The lowest BCUT2D eigenvalue weighted by molar-refractivity contribution is -0.132. The monoisotopic (exact) mass is 508 g/mol. The topological polar surface area (TPSA) is 100.0 Å². The van der Waals surface area contributed by atoms with Crippen LogP contribution in [0.4, 0.5) is 5.13 Å². The van der Waals surface area contributed by atoms with Crippen molar-refractivity contribution < 1.29 is 24.5 Å². The zero-order valence-electron chi connectivity index (χ0n) is 19.6. The summed E-state index contributed by atoms with van der Waals surface area (Å²) in [5, 5.41) is 23.5. The van der Waals surface area contributed by atoms with Gasteiger partial charge in [0, 0.05) is 5.56 Å². The number of fused-ring (bicyclic) bond motifs is 2. The highest BCUT2D eigenvalue weighted by Crippen LogP contribution is 2.45. The summed E-state index contributed by atoms with van der Waals surface area (Å²) in [5.41, 5.74) is 1.59. The second-order valence-corrected chi connectivity index (χ2v) is 9.66. The average Bonchev–Trinajstić information content (AvgIpc) is 3.46. The fraction of sp³-hybridized carbons (Fsp3) is 0.0690. The molecule has 0 spiro atoms. The maximum atomic E-state index is 13.4. The third kappa shape index (κ3) is 3.78. The first-order chi connectivity index (χ1) is 17.9. The molecular weight excluding hydrogens is 488 g/mol. The molecule has 0 saturated carbocycles. The van der Waals surface area contributed by atoms with Gasteiger partial charge in [-0.3, -0.25) is 14.5 Å². The van der Waals surface area contributed by atoms with E-state index in [-0.39, 0.29) is 17.1 Å². The zero-order valence-corrected chi connectivity index (χ0v) is 20.4. The molecule has 0 bridgehead atoms. The Balaban J connectivity index is 1.55. The quantitative estimate of drug-likeness (QED) is 0.181. The van der Waals surface area contributed by atoms with Crippen LogP contribution in [0.15, 0.2) is 90.5 Å². The number of anilines is 1. The van der Waals surface area contributed by atoms with E-state index < -0.39 is 17.7 Å². The van der Waals surface area contributed by atoms with Crippen LogP contribution in [0.25, 0.3) is 26.7 Å². The van der Waals surface area contributed by atoms with E-state index in [0.717, 1.165) is 15.5 Å². The van der Waals surface area contributed by atoms with Crippen molar-refractivity contribution in [2.75, 3.05) is 12.0 Å². The summed E-state index contributed by atoms with van der Waals surface area (Å²) in [7, 11) is 1.57. The van der Waals surface area contributed by atoms with Crippen molar-refractivity contribution >= 4 is 54.9 Å². The second-order valence-electron chi connectivity index (χ2n) is 8.65. The van der Waals surface area contributed by atoms with Gasteiger partial charge < -0.3 is 14.9 Å². The van der Waals surface area contributed by atoms with Crippen molar-refractivity contribution in [1.29, 1.82) is 0 Å². The standard InChI is InChI=1S/C29H20N2O5S/c1-36-21-12-13-22-23(15-21)37-29(30-22)31-25(17-8-10-20(32)11-9-17)24(27(34)28(31)35)26(33)19-7-6-16-4-2-3-5-18(16)14-19/h2-15,25,32-33H,1H3/b26-24+. The highest BCUT2D eigenvalue weighted by atomic mass is 32.1. The number of aromatic nitrogens is 1. The number of phenolic OH excluding ortho intramolecular Hbond substituents is 1. The predicted molar refractivity (Wildman–Crippen MR) is 143 cm³/mol. The van der Waals surface area contributed by atoms with Crippen molar-refractivity contribution in [2.24, 2.45) is 0 Å². The first-order valence-corrected chi connectivity index (χ1v) is 12.3. The minimum Gasteiger partial charge on any atom is -0.508 e. The van der Waals surface area contributed by atoms with Crippen LogP contribution in [0.2, 0.25) is 0 Å². The molecule has 1 aliphatic heterocycles. The van der Waals surface area contributed by atoms with E-state index in [1.807, 2.05) is 36.4 Å². The molecule has 4 aromatic carbocycles. The molecule has 8 heteroatoms. The van der Waals surface area contributed by atoms with E-state index >= 15 is 0 Å². The smallest absolute Gasteiger partial charge is 0.301 e. The van der Waals surface area contributed by atoms with E-state index in [9.17, 15) is 19.8 Å². The Hall–Kier alpha value is -4.69. The first kappa shape index (κ1) is 22.8. The number of rotatable bonds is 4. The van der Waals surface area contributed by atoms with Gasteiger partial charge in [0.15, 0.2) is 5.13 Å². The fourth-order valence-corrected chi connectivity index (χ4v) is 5.64. The van der Waals surface area contributed by atoms with Gasteiger partial charge in [-0.1, -0.05) is 59.9 Å². The molecular formula is C29H20N2O5S. The first-order valence-electron chi connectivity index (χ1n) is 11.5. The number of ketones is 1. The summed E-state index contributed by atoms with van der Waals surface area (Å²) in [6.07, 6.45) is 0. The molecule has 1 fully saturated rings. The molecule has 2 heterocycles. The van der Waals surface area contributed by atoms with Crippen molar-refractivity contribution in [3.8, 4) is 11.5 Å². The minimum atomic E-state index is -0.936. The molecule has 182 valence electrons. The van der Waals surface area contributed by atoms with Crippen LogP contribution in [0, 0.1) is 0 Å². The fourth-order valence-electron chi connectivity index (χ4n) is 4.62. The van der Waals surface area contributed by atoms with Crippen molar-refractivity contribution in [1.82, 2.24) is 4.98 Å². The van der Waals surface area contributed by atoms with Gasteiger partial charge in [-0.2, -0.15) is 0 Å². The lowest BCUT2D eigenvalue weighted by atomic mass is 9.94. The molecule has 1 atom stereocenters. The molecule has 0 radical (unpaired) electrons. The van der Waals surface area contributed by atoms with Crippen LogP contribution in [0.1, 0.15) is 17.2 Å². The molecule has 2 N–H and O–H groups in total. The van der Waals surface area contributed by atoms with Gasteiger partial charge in [0.1, 0.15) is 17.3 Å². The van der Waals surface area contributed by atoms with Crippen LogP contribution in [-0.2, 0) is 9.59 Å². The number of aliphatic hydroxyl groups excluding tert-OH is 1. The summed E-state index contributed by atoms with van der Waals surface area (Å²) in [5.74, 6) is -1.17. The van der Waals surface area contributed by atoms with Gasteiger partial charge in [0.25, 0.3) is 5.78 Å². The largest absolute Gasteiger partial charge is 0.508 e. The number of thiazole rings is 1. The number of aromatic hydroxyl groups is 1. The molecule has 37 heavy (non-hydrogen) atoms. The summed E-state index contributed by atoms with van der Waals surface area (Å²) < 4.78 is 6.09. The summed E-state index contributed by atoms with van der Waals surface area (Å²) >= 11 is 1.25. The van der Waals surface area contributed by atoms with Gasteiger partial charge in [0.2, 0.25) is 0 Å². The van der Waals surface area contributed by atoms with Crippen LogP contribution in [-0.4, -0.2) is 34.0 Å². The third-order valence-electron chi connectivity index (χ3n) is 6.47. The number of amides is 1. The number of hydrogen-bond acceptors (Lipinski definition) is 7. The van der Waals surface area contributed by atoms with Crippen molar-refractivity contribution in [3.63, 3.8) is 0 Å². The Kier molecular flexibility index (Phi) is 5.39. The highest BCUT2D eigenvalue weighted by molar-refractivity contribution is 7.22. The van der Waals surface area contributed by atoms with E-state index in [0.29, 0.717) is 27.5 Å². The van der Waals surface area contributed by atoms with E-state index in [1.54, 1.807) is 43.5 Å². The van der Waals surface area contributed by atoms with Gasteiger partial charge in [-0.05, 0) is 52.7 Å². The highest BCUT2D eigenvalue weighted by Gasteiger charge is 2.48. The number of aliphatic hydroxyl groups is 1. The van der Waals surface area contributed by atoms with Gasteiger partial charge in [-0.15, -0.1) is 0 Å². The molecule has 1 amide bonds. The number of methoxy groups -OCH3 is 1. The molecule has 1 unspecified atom stereocenters. The Labute approximate surface area is 215 Å². The van der Waals surface area contributed by atoms with Gasteiger partial charge in [-0.25, -0.2) is 4.98 Å². The summed E-state index contributed by atoms with van der Waals surface area (Å²) in [4.78, 5) is 32.8. The van der Waals surface area contributed by atoms with Crippen LogP contribution < -0.4 is 9.64 Å². The lowest BCUT2D eigenvalue weighted by Crippen LogP contribution is -2.29. The number of carbonyl (C=O) groups excluding carboxylic acids is 2. The minimum absolute atomic E-state index is 0.0391. The summed E-state index contributed by atoms with van der Waals surface area (Å²) in [6.45, 7) is 0. The second kappa shape index (κ2) is 8.76. The average molecular weight is 509 g/mol. The van der Waals surface area contributed by atoms with Gasteiger partial charge in [0.05, 0.1) is 28.9 Å². The Bertz CT molecular complexity index is 1740. The molecule has 0 aliphatic carbocycles. The van der Waals surface area contributed by atoms with E-state index in [4.69, 9.17) is 4.74 Å². The van der Waals surface area contributed by atoms with Crippen LogP contribution in [0.3, 0.4) is 0 Å². The molecule has 5 aromatic rings. The molecule has 1 saturated heterocycles. The lowest BCUT2D eigenvalue weighted by Gasteiger charge is -2.23. The van der Waals surface area contributed by atoms with Gasteiger partial charge >= 0.3 is 5.91 Å². The van der Waals surface area contributed by atoms with Crippen LogP contribution in [0.5, 0.6) is 11.5 Å². The zero-order chi connectivity index (χ0) is 25.7. The van der Waals surface area contributed by atoms with E-state index in [1.165, 1.54) is 28.4 Å². The van der Waals surface area contributed by atoms with Crippen LogP contribution >= 0.6 is 11.3 Å². The number of hydrogen-bond donors (Lipinski definition) is 2. The molecule has 1 aromatic heterocycles.